The summed E-state index contributed by atoms with van der Waals surface area (Å²) in [7, 11) is 0. The maximum atomic E-state index is 11.9. The van der Waals surface area contributed by atoms with Crippen LogP contribution < -0.4 is 0 Å². The molecule has 1 unspecified atom stereocenters. The minimum absolute atomic E-state index is 0.0787. The van der Waals surface area contributed by atoms with E-state index in [1.54, 1.807) is 0 Å². The van der Waals surface area contributed by atoms with Gasteiger partial charge in [-0.1, -0.05) is 24.6 Å². The molecule has 3 nitrogen and oxygen atoms in total. The Morgan fingerprint density at radius 1 is 1.24 bits per heavy atom. The van der Waals surface area contributed by atoms with E-state index in [1.165, 1.54) is 0 Å². The van der Waals surface area contributed by atoms with Crippen LogP contribution >= 0.6 is 0 Å². The third-order valence-corrected chi connectivity index (χ3v) is 2.74. The normalized spacial score (nSPS) is 12.3. The van der Waals surface area contributed by atoms with Gasteiger partial charge >= 0.3 is 5.97 Å². The fraction of sp³-hybridized carbons (Fsp3) is 0.500. The standard InChI is InChI=1S/C14H20O3/c1-6-12(5)16-17-14(15)13-10(3)7-9(2)8-11(13)4/h7-8,12H,6H2,1-5H3. The van der Waals surface area contributed by atoms with Crippen molar-refractivity contribution in [2.75, 3.05) is 0 Å². The van der Waals surface area contributed by atoms with Crippen LogP contribution in [0, 0.1) is 20.8 Å². The minimum Gasteiger partial charge on any atom is -0.293 e. The highest BCUT2D eigenvalue weighted by Gasteiger charge is 2.16. The monoisotopic (exact) mass is 236 g/mol. The van der Waals surface area contributed by atoms with E-state index in [1.807, 2.05) is 46.8 Å². The molecule has 0 aliphatic carbocycles. The molecular weight excluding hydrogens is 216 g/mol. The van der Waals surface area contributed by atoms with Gasteiger partial charge in [-0.15, -0.1) is 0 Å². The Balaban J connectivity index is 2.82. The van der Waals surface area contributed by atoms with Crippen LogP contribution in [0.4, 0.5) is 0 Å². The van der Waals surface area contributed by atoms with E-state index >= 15 is 0 Å². The highest BCUT2D eigenvalue weighted by molar-refractivity contribution is 5.92. The summed E-state index contributed by atoms with van der Waals surface area (Å²) >= 11 is 0. The molecule has 1 aromatic rings. The molecule has 1 aromatic carbocycles. The van der Waals surface area contributed by atoms with Crippen molar-refractivity contribution in [3.63, 3.8) is 0 Å². The quantitative estimate of drug-likeness (QED) is 0.593. The van der Waals surface area contributed by atoms with E-state index in [2.05, 4.69) is 0 Å². The molecule has 1 atom stereocenters. The van der Waals surface area contributed by atoms with E-state index in [-0.39, 0.29) is 6.10 Å². The van der Waals surface area contributed by atoms with Crippen LogP contribution in [0.25, 0.3) is 0 Å². The molecule has 17 heavy (non-hydrogen) atoms. The van der Waals surface area contributed by atoms with Crippen LogP contribution in [0.15, 0.2) is 12.1 Å². The zero-order valence-corrected chi connectivity index (χ0v) is 11.2. The fourth-order valence-corrected chi connectivity index (χ4v) is 1.74. The lowest BCUT2D eigenvalue weighted by Gasteiger charge is -2.12. The van der Waals surface area contributed by atoms with Gasteiger partial charge in [-0.25, -0.2) is 4.79 Å². The highest BCUT2D eigenvalue weighted by Crippen LogP contribution is 2.17. The molecule has 3 heteroatoms. The predicted molar refractivity (Wildman–Crippen MR) is 66.9 cm³/mol. The first-order valence-corrected chi connectivity index (χ1v) is 5.91. The number of benzene rings is 1. The number of carbonyl (C=O) groups is 1. The van der Waals surface area contributed by atoms with Crippen molar-refractivity contribution >= 4 is 5.97 Å². The van der Waals surface area contributed by atoms with Crippen LogP contribution in [0.5, 0.6) is 0 Å². The summed E-state index contributed by atoms with van der Waals surface area (Å²) in [5.41, 5.74) is 3.57. The predicted octanol–water partition coefficient (Wildman–Crippen LogP) is 3.50. The Labute approximate surface area is 103 Å². The van der Waals surface area contributed by atoms with Gasteiger partial charge in [-0.2, -0.15) is 4.89 Å². The lowest BCUT2D eigenvalue weighted by atomic mass is 10.0. The highest BCUT2D eigenvalue weighted by atomic mass is 17.2. The van der Waals surface area contributed by atoms with Crippen molar-refractivity contribution < 1.29 is 14.6 Å². The zero-order valence-electron chi connectivity index (χ0n) is 11.2. The third kappa shape index (κ3) is 3.56. The second-order valence-corrected chi connectivity index (χ2v) is 4.46. The molecule has 0 bridgehead atoms. The summed E-state index contributed by atoms with van der Waals surface area (Å²) in [5.74, 6) is -0.416. The lowest BCUT2D eigenvalue weighted by Crippen LogP contribution is -2.14. The molecule has 0 fully saturated rings. The van der Waals surface area contributed by atoms with Crippen molar-refractivity contribution in [3.05, 3.63) is 34.4 Å². The average molecular weight is 236 g/mol. The molecule has 0 saturated heterocycles. The van der Waals surface area contributed by atoms with Crippen LogP contribution in [-0.2, 0) is 9.78 Å². The van der Waals surface area contributed by atoms with Crippen LogP contribution in [0.2, 0.25) is 0 Å². The Morgan fingerprint density at radius 3 is 2.24 bits per heavy atom. The summed E-state index contributed by atoms with van der Waals surface area (Å²) in [4.78, 5) is 21.7. The SMILES string of the molecule is CCC(C)OOC(=O)c1c(C)cc(C)cc1C. The van der Waals surface area contributed by atoms with Crippen LogP contribution in [0.3, 0.4) is 0 Å². The van der Waals surface area contributed by atoms with Gasteiger partial charge in [0.25, 0.3) is 0 Å². The Kier molecular flexibility index (Phi) is 4.70. The number of aryl methyl sites for hydroxylation is 3. The molecule has 0 N–H and O–H groups in total. The third-order valence-electron chi connectivity index (χ3n) is 2.74. The maximum Gasteiger partial charge on any atom is 0.373 e. The number of hydrogen-bond acceptors (Lipinski definition) is 3. The van der Waals surface area contributed by atoms with E-state index in [0.29, 0.717) is 5.56 Å². The smallest absolute Gasteiger partial charge is 0.293 e. The van der Waals surface area contributed by atoms with E-state index in [0.717, 1.165) is 23.1 Å². The van der Waals surface area contributed by atoms with E-state index in [9.17, 15) is 4.79 Å². The molecule has 0 amide bonds. The molecule has 0 radical (unpaired) electrons. The summed E-state index contributed by atoms with van der Waals surface area (Å²) in [6, 6.07) is 3.93. The van der Waals surface area contributed by atoms with Gasteiger partial charge in [0, 0.05) is 0 Å². The van der Waals surface area contributed by atoms with Gasteiger partial charge in [-0.3, -0.25) is 4.89 Å². The first-order chi connectivity index (χ1) is 7.95. The van der Waals surface area contributed by atoms with Gasteiger partial charge < -0.3 is 0 Å². The Bertz CT molecular complexity index is 387. The molecule has 0 heterocycles. The van der Waals surface area contributed by atoms with Crippen LogP contribution in [-0.4, -0.2) is 12.1 Å². The molecule has 0 aliphatic rings. The number of rotatable bonds is 4. The topological polar surface area (TPSA) is 35.5 Å². The number of hydrogen-bond donors (Lipinski definition) is 0. The molecule has 0 aromatic heterocycles. The first kappa shape index (κ1) is 13.7. The zero-order chi connectivity index (χ0) is 13.0. The fourth-order valence-electron chi connectivity index (χ4n) is 1.74. The first-order valence-electron chi connectivity index (χ1n) is 5.91. The molecule has 0 spiro atoms. The second kappa shape index (κ2) is 5.82. The van der Waals surface area contributed by atoms with E-state index < -0.39 is 5.97 Å². The van der Waals surface area contributed by atoms with Gasteiger partial charge in [0.15, 0.2) is 0 Å². The molecule has 0 saturated carbocycles. The molecule has 0 aliphatic heterocycles. The van der Waals surface area contributed by atoms with Gasteiger partial charge in [0.05, 0.1) is 5.56 Å². The Hall–Kier alpha value is -1.35. The summed E-state index contributed by atoms with van der Waals surface area (Å²) in [5, 5.41) is 0. The van der Waals surface area contributed by atoms with Crippen molar-refractivity contribution in [2.45, 2.75) is 47.1 Å². The summed E-state index contributed by atoms with van der Waals surface area (Å²) < 4.78 is 0. The van der Waals surface area contributed by atoms with Crippen molar-refractivity contribution in [1.29, 1.82) is 0 Å². The lowest BCUT2D eigenvalue weighted by molar-refractivity contribution is -0.270. The summed E-state index contributed by atoms with van der Waals surface area (Å²) in [6.07, 6.45) is 0.726. The summed E-state index contributed by atoms with van der Waals surface area (Å²) in [6.45, 7) is 9.65. The minimum atomic E-state index is -0.416. The van der Waals surface area contributed by atoms with Crippen molar-refractivity contribution in [3.8, 4) is 0 Å². The maximum absolute atomic E-state index is 11.9. The average Bonchev–Trinajstić information content (AvgIpc) is 2.24. The molecule has 1 rings (SSSR count). The van der Waals surface area contributed by atoms with Crippen molar-refractivity contribution in [1.82, 2.24) is 0 Å². The van der Waals surface area contributed by atoms with Gasteiger partial charge in [-0.05, 0) is 45.2 Å². The molecule has 94 valence electrons. The van der Waals surface area contributed by atoms with Gasteiger partial charge in [0.2, 0.25) is 0 Å². The van der Waals surface area contributed by atoms with E-state index in [4.69, 9.17) is 9.78 Å². The largest absolute Gasteiger partial charge is 0.373 e. The van der Waals surface area contributed by atoms with Crippen LogP contribution in [0.1, 0.15) is 47.3 Å². The second-order valence-electron chi connectivity index (χ2n) is 4.46. The van der Waals surface area contributed by atoms with Gasteiger partial charge in [0.1, 0.15) is 6.10 Å². The Morgan fingerprint density at radius 2 is 1.76 bits per heavy atom. The molecular formula is C14H20O3. The number of carbonyl (C=O) groups excluding carboxylic acids is 1. The van der Waals surface area contributed by atoms with Crippen molar-refractivity contribution in [2.24, 2.45) is 0 Å².